The van der Waals surface area contributed by atoms with Crippen LogP contribution in [0.4, 0.5) is 0 Å². The molecule has 2 rings (SSSR count). The summed E-state index contributed by atoms with van der Waals surface area (Å²) in [5.74, 6) is 1.14. The van der Waals surface area contributed by atoms with E-state index in [4.69, 9.17) is 15.2 Å². The highest BCUT2D eigenvalue weighted by Crippen LogP contribution is 2.14. The third-order valence-corrected chi connectivity index (χ3v) is 3.19. The van der Waals surface area contributed by atoms with Crippen LogP contribution in [0.15, 0.2) is 54.6 Å². The first kappa shape index (κ1) is 15.9. The molecule has 4 heteroatoms. The van der Waals surface area contributed by atoms with Gasteiger partial charge in [0, 0.05) is 5.56 Å². The fourth-order valence-corrected chi connectivity index (χ4v) is 2.02. The second-order valence-electron chi connectivity index (χ2n) is 4.96. The molecule has 0 aliphatic carbocycles. The molecule has 4 nitrogen and oxygen atoms in total. The minimum Gasteiger partial charge on any atom is -0.494 e. The molecule has 2 aromatic rings. The number of para-hydroxylation sites is 1. The van der Waals surface area contributed by atoms with Gasteiger partial charge in [0.2, 0.25) is 5.91 Å². The number of carbonyl (C=O) groups is 1. The van der Waals surface area contributed by atoms with Crippen LogP contribution in [0, 0.1) is 0 Å². The van der Waals surface area contributed by atoms with Crippen LogP contribution in [-0.2, 0) is 0 Å². The lowest BCUT2D eigenvalue weighted by Crippen LogP contribution is -2.10. The van der Waals surface area contributed by atoms with Crippen molar-refractivity contribution in [1.29, 1.82) is 0 Å². The van der Waals surface area contributed by atoms with Crippen molar-refractivity contribution in [3.05, 3.63) is 60.2 Å². The van der Waals surface area contributed by atoms with Gasteiger partial charge in [-0.25, -0.2) is 0 Å². The third kappa shape index (κ3) is 5.48. The van der Waals surface area contributed by atoms with E-state index in [0.29, 0.717) is 24.5 Å². The number of unbranched alkanes of at least 4 members (excludes halogenated alkanes) is 2. The molecule has 116 valence electrons. The fraction of sp³-hybridized carbons (Fsp3) is 0.278. The molecule has 0 spiro atoms. The van der Waals surface area contributed by atoms with E-state index in [1.807, 2.05) is 36.4 Å². The van der Waals surface area contributed by atoms with Crippen LogP contribution in [0.25, 0.3) is 0 Å². The zero-order chi connectivity index (χ0) is 15.6. The van der Waals surface area contributed by atoms with Gasteiger partial charge in [-0.15, -0.1) is 0 Å². The number of hydrogen-bond acceptors (Lipinski definition) is 3. The lowest BCUT2D eigenvalue weighted by Gasteiger charge is -2.08. The highest BCUT2D eigenvalue weighted by molar-refractivity contribution is 5.93. The van der Waals surface area contributed by atoms with E-state index in [2.05, 4.69) is 0 Å². The normalized spacial score (nSPS) is 10.2. The molecule has 0 fully saturated rings. The van der Waals surface area contributed by atoms with Gasteiger partial charge in [-0.05, 0) is 49.6 Å². The van der Waals surface area contributed by atoms with E-state index in [1.54, 1.807) is 18.2 Å². The molecule has 0 bridgehead atoms. The molecule has 0 aromatic heterocycles. The molecule has 0 aliphatic heterocycles. The zero-order valence-electron chi connectivity index (χ0n) is 12.5. The van der Waals surface area contributed by atoms with Crippen LogP contribution in [-0.4, -0.2) is 19.1 Å². The van der Waals surface area contributed by atoms with Gasteiger partial charge in [-0.2, -0.15) is 0 Å². The van der Waals surface area contributed by atoms with Crippen LogP contribution in [0.3, 0.4) is 0 Å². The third-order valence-electron chi connectivity index (χ3n) is 3.19. The summed E-state index contributed by atoms with van der Waals surface area (Å²) in [6.45, 7) is 1.33. The van der Waals surface area contributed by atoms with Crippen molar-refractivity contribution in [3.8, 4) is 11.5 Å². The quantitative estimate of drug-likeness (QED) is 0.722. The Morgan fingerprint density at radius 2 is 1.45 bits per heavy atom. The molecule has 0 atom stereocenters. The Morgan fingerprint density at radius 1 is 0.818 bits per heavy atom. The van der Waals surface area contributed by atoms with Crippen molar-refractivity contribution in [1.82, 2.24) is 0 Å². The second-order valence-corrected chi connectivity index (χ2v) is 4.96. The van der Waals surface area contributed by atoms with Crippen molar-refractivity contribution in [2.75, 3.05) is 13.2 Å². The number of benzene rings is 2. The van der Waals surface area contributed by atoms with Crippen molar-refractivity contribution < 1.29 is 14.3 Å². The minimum absolute atomic E-state index is 0.441. The van der Waals surface area contributed by atoms with Gasteiger partial charge in [-0.1, -0.05) is 24.3 Å². The fourth-order valence-electron chi connectivity index (χ4n) is 2.02. The van der Waals surface area contributed by atoms with Gasteiger partial charge in [0.05, 0.1) is 13.2 Å². The number of amides is 1. The monoisotopic (exact) mass is 299 g/mol. The molecule has 2 aromatic carbocycles. The number of rotatable bonds is 9. The zero-order valence-corrected chi connectivity index (χ0v) is 12.5. The second kappa shape index (κ2) is 8.72. The van der Waals surface area contributed by atoms with E-state index in [-0.39, 0.29) is 0 Å². The Hall–Kier alpha value is -2.49. The molecule has 0 radical (unpaired) electrons. The van der Waals surface area contributed by atoms with Crippen molar-refractivity contribution in [2.45, 2.75) is 19.3 Å². The van der Waals surface area contributed by atoms with Crippen molar-refractivity contribution in [3.63, 3.8) is 0 Å². The van der Waals surface area contributed by atoms with Crippen LogP contribution >= 0.6 is 0 Å². The number of hydrogen-bond donors (Lipinski definition) is 1. The first-order valence-electron chi connectivity index (χ1n) is 7.46. The summed E-state index contributed by atoms with van der Waals surface area (Å²) < 4.78 is 11.2. The molecule has 0 saturated heterocycles. The van der Waals surface area contributed by atoms with Crippen LogP contribution in [0.2, 0.25) is 0 Å². The van der Waals surface area contributed by atoms with E-state index in [0.717, 1.165) is 25.0 Å². The molecular formula is C18H21NO3. The maximum Gasteiger partial charge on any atom is 0.248 e. The van der Waals surface area contributed by atoms with Crippen LogP contribution < -0.4 is 15.2 Å². The summed E-state index contributed by atoms with van der Waals surface area (Å²) >= 11 is 0. The average Bonchev–Trinajstić information content (AvgIpc) is 2.55. The molecule has 2 N–H and O–H groups in total. The molecule has 0 heterocycles. The summed E-state index contributed by atoms with van der Waals surface area (Å²) in [6, 6.07) is 16.7. The van der Waals surface area contributed by atoms with E-state index in [1.165, 1.54) is 0 Å². The molecule has 22 heavy (non-hydrogen) atoms. The van der Waals surface area contributed by atoms with Gasteiger partial charge >= 0.3 is 0 Å². The predicted octanol–water partition coefficient (Wildman–Crippen LogP) is 3.41. The van der Waals surface area contributed by atoms with Gasteiger partial charge in [-0.3, -0.25) is 4.79 Å². The molecular weight excluding hydrogens is 278 g/mol. The number of primary amides is 1. The van der Waals surface area contributed by atoms with E-state index >= 15 is 0 Å². The Balaban J connectivity index is 1.58. The highest BCUT2D eigenvalue weighted by Gasteiger charge is 2.01. The minimum atomic E-state index is -0.441. The maximum absolute atomic E-state index is 11.1. The maximum atomic E-state index is 11.1. The number of ether oxygens (including phenoxy) is 2. The molecule has 0 unspecified atom stereocenters. The highest BCUT2D eigenvalue weighted by atomic mass is 16.5. The van der Waals surface area contributed by atoms with Gasteiger partial charge in [0.15, 0.2) is 0 Å². The summed E-state index contributed by atoms with van der Waals surface area (Å²) in [5.41, 5.74) is 5.70. The van der Waals surface area contributed by atoms with E-state index < -0.39 is 5.91 Å². The lowest BCUT2D eigenvalue weighted by atomic mass is 10.2. The standard InChI is InChI=1S/C18H21NO3/c19-18(20)15-8-7-11-17(14-15)22-13-6-2-5-12-21-16-9-3-1-4-10-16/h1,3-4,7-11,14H,2,5-6,12-13H2,(H2,19,20). The number of nitrogens with two attached hydrogens (primary N) is 1. The van der Waals surface area contributed by atoms with Gasteiger partial charge in [0.1, 0.15) is 11.5 Å². The summed E-state index contributed by atoms with van der Waals surface area (Å²) in [5, 5.41) is 0. The van der Waals surface area contributed by atoms with Crippen LogP contribution in [0.5, 0.6) is 11.5 Å². The summed E-state index contributed by atoms with van der Waals surface area (Å²) in [7, 11) is 0. The Bertz CT molecular complexity index is 584. The Morgan fingerprint density at radius 3 is 2.14 bits per heavy atom. The van der Waals surface area contributed by atoms with Gasteiger partial charge < -0.3 is 15.2 Å². The summed E-state index contributed by atoms with van der Waals surface area (Å²) in [6.07, 6.45) is 2.96. The lowest BCUT2D eigenvalue weighted by molar-refractivity contribution is 0.1000. The molecule has 1 amide bonds. The Labute approximate surface area is 130 Å². The first-order valence-corrected chi connectivity index (χ1v) is 7.46. The SMILES string of the molecule is NC(=O)c1cccc(OCCCCCOc2ccccc2)c1. The average molecular weight is 299 g/mol. The first-order chi connectivity index (χ1) is 10.8. The largest absolute Gasteiger partial charge is 0.494 e. The summed E-state index contributed by atoms with van der Waals surface area (Å²) in [4.78, 5) is 11.1. The van der Waals surface area contributed by atoms with Gasteiger partial charge in [0.25, 0.3) is 0 Å². The smallest absolute Gasteiger partial charge is 0.248 e. The molecule has 0 saturated carbocycles. The predicted molar refractivity (Wildman–Crippen MR) is 86.2 cm³/mol. The van der Waals surface area contributed by atoms with Crippen LogP contribution in [0.1, 0.15) is 29.6 Å². The van der Waals surface area contributed by atoms with E-state index in [9.17, 15) is 4.79 Å². The topological polar surface area (TPSA) is 61.6 Å². The van der Waals surface area contributed by atoms with Crippen molar-refractivity contribution in [2.24, 2.45) is 5.73 Å². The molecule has 0 aliphatic rings. The Kier molecular flexibility index (Phi) is 6.30. The van der Waals surface area contributed by atoms with Crippen molar-refractivity contribution >= 4 is 5.91 Å². The number of carbonyl (C=O) groups excluding carboxylic acids is 1.